The first kappa shape index (κ1) is 38.1. The van der Waals surface area contributed by atoms with Gasteiger partial charge >= 0.3 is 23.3 Å². The van der Waals surface area contributed by atoms with Crippen molar-refractivity contribution in [2.45, 2.75) is 33.8 Å². The number of carbonyl (C=O) groups is 2. The summed E-state index contributed by atoms with van der Waals surface area (Å²) in [5.41, 5.74) is 0.941. The van der Waals surface area contributed by atoms with Gasteiger partial charge in [0.25, 0.3) is 0 Å². The first-order valence-electron chi connectivity index (χ1n) is 16.0. The van der Waals surface area contributed by atoms with Gasteiger partial charge in [-0.15, -0.1) is 0 Å². The van der Waals surface area contributed by atoms with Gasteiger partial charge in [-0.2, -0.15) is 0 Å². The highest BCUT2D eigenvalue weighted by molar-refractivity contribution is 6.31. The Labute approximate surface area is 310 Å². The van der Waals surface area contributed by atoms with E-state index in [0.29, 0.717) is 26.6 Å². The monoisotopic (exact) mass is 764 g/mol. The van der Waals surface area contributed by atoms with E-state index in [1.807, 2.05) is 0 Å². The van der Waals surface area contributed by atoms with Gasteiger partial charge < -0.3 is 28.2 Å². The summed E-state index contributed by atoms with van der Waals surface area (Å²) in [6, 6.07) is 18.2. The van der Waals surface area contributed by atoms with Gasteiger partial charge in [-0.25, -0.2) is 9.59 Å². The van der Waals surface area contributed by atoms with Crippen molar-refractivity contribution in [3.63, 3.8) is 0 Å². The summed E-state index contributed by atoms with van der Waals surface area (Å²) in [4.78, 5) is 46.2. The van der Waals surface area contributed by atoms with Gasteiger partial charge in [0.2, 0.25) is 0 Å². The number of nitro benzene ring substituents is 2. The molecule has 1 N–H and O–H groups in total. The van der Waals surface area contributed by atoms with E-state index in [2.05, 4.69) is 0 Å². The fourth-order valence-electron chi connectivity index (χ4n) is 5.29. The van der Waals surface area contributed by atoms with Crippen LogP contribution in [0.2, 0.25) is 10.0 Å². The zero-order chi connectivity index (χ0) is 38.6. The van der Waals surface area contributed by atoms with Crippen molar-refractivity contribution < 1.29 is 47.6 Å². The summed E-state index contributed by atoms with van der Waals surface area (Å²) in [5.74, 6) is -1.31. The minimum Gasteiger partial charge on any atom is -0.502 e. The zero-order valence-corrected chi connectivity index (χ0v) is 30.0. The first-order valence-corrected chi connectivity index (χ1v) is 16.7. The number of hydrogen-bond acceptors (Lipinski definition) is 12. The lowest BCUT2D eigenvalue weighted by atomic mass is 10.0. The predicted molar refractivity (Wildman–Crippen MR) is 196 cm³/mol. The number of carbonyl (C=O) groups excluding carboxylic acids is 2. The van der Waals surface area contributed by atoms with Crippen molar-refractivity contribution >= 4 is 68.5 Å². The number of rotatable bonds is 10. The molecule has 6 rings (SSSR count). The van der Waals surface area contributed by atoms with Gasteiger partial charge in [-0.1, -0.05) is 23.2 Å². The molecule has 4 aromatic carbocycles. The van der Waals surface area contributed by atoms with Crippen molar-refractivity contribution in [2.75, 3.05) is 13.2 Å². The van der Waals surface area contributed by atoms with Gasteiger partial charge in [0.1, 0.15) is 33.8 Å². The Morgan fingerprint density at radius 1 is 0.717 bits per heavy atom. The largest absolute Gasteiger partial charge is 0.502 e. The molecule has 0 aliphatic heterocycles. The van der Waals surface area contributed by atoms with Gasteiger partial charge in [0.15, 0.2) is 11.5 Å². The second-order valence-corrected chi connectivity index (χ2v) is 12.3. The summed E-state index contributed by atoms with van der Waals surface area (Å²) < 4.78 is 27.3. The lowest BCUT2D eigenvalue weighted by Gasteiger charge is -2.10. The molecule has 2 aromatic heterocycles. The highest BCUT2D eigenvalue weighted by Crippen LogP contribution is 2.42. The maximum Gasteiger partial charge on any atom is 0.342 e. The van der Waals surface area contributed by atoms with E-state index in [4.69, 9.17) is 46.2 Å². The van der Waals surface area contributed by atoms with E-state index in [9.17, 15) is 34.9 Å². The number of ether oxygens (including phenoxy) is 3. The summed E-state index contributed by atoms with van der Waals surface area (Å²) >= 11 is 11.8. The molecule has 6 aromatic rings. The van der Waals surface area contributed by atoms with Gasteiger partial charge in [-0.05, 0) is 88.4 Å². The number of nitrogens with zero attached hydrogens (tertiary/aromatic N) is 2. The van der Waals surface area contributed by atoms with Crippen molar-refractivity contribution in [3.05, 3.63) is 114 Å². The second kappa shape index (κ2) is 16.0. The molecule has 0 aliphatic carbocycles. The molecule has 0 atom stereocenters. The van der Waals surface area contributed by atoms with Crippen LogP contribution in [0.1, 0.15) is 48.4 Å². The maximum absolute atomic E-state index is 12.7. The molecule has 14 nitrogen and oxygen atoms in total. The Bertz CT molecular complexity index is 2350. The summed E-state index contributed by atoms with van der Waals surface area (Å²) in [5, 5.41) is 34.0. The van der Waals surface area contributed by atoms with Crippen LogP contribution in [0, 0.1) is 20.2 Å². The minimum absolute atomic E-state index is 0.0569. The van der Waals surface area contributed by atoms with E-state index >= 15 is 0 Å². The van der Waals surface area contributed by atoms with Crippen molar-refractivity contribution in [2.24, 2.45) is 0 Å². The van der Waals surface area contributed by atoms with Crippen LogP contribution in [0.5, 0.6) is 11.5 Å². The van der Waals surface area contributed by atoms with Crippen LogP contribution >= 0.6 is 23.2 Å². The Balaban J connectivity index is 0.000000206. The number of furan rings is 2. The lowest BCUT2D eigenvalue weighted by molar-refractivity contribution is -0.386. The number of fused-ring (bicyclic) bond motifs is 2. The Hall–Kier alpha value is -6.12. The normalized spacial score (nSPS) is 10.9. The summed E-state index contributed by atoms with van der Waals surface area (Å²) in [6.07, 6.45) is -0.287. The fourth-order valence-corrected chi connectivity index (χ4v) is 5.54. The standard InChI is InChI=1S/C20H18ClNO6.C17H12ClNO6/c1-4-26-20(23)18-14-9-17(27-11(2)3)15(22(24)25)10-16(14)28-19(18)12-5-7-13(21)8-6-12;1-2-24-17(21)15-11-7-13(20)12(19(22)23)8-14(11)25-16(15)9-3-5-10(18)6-4-9/h5-11H,4H2,1-3H3;3-8,20H,2H2,1H3. The summed E-state index contributed by atoms with van der Waals surface area (Å²) in [6.45, 7) is 7.19. The quantitative estimate of drug-likeness (QED) is 0.0788. The number of nitro groups is 2. The average molecular weight is 766 g/mol. The number of phenolic OH excluding ortho intramolecular Hbond substituents is 1. The van der Waals surface area contributed by atoms with Crippen LogP contribution in [0.15, 0.2) is 81.6 Å². The molecule has 0 radical (unpaired) electrons. The molecule has 0 saturated heterocycles. The first-order chi connectivity index (χ1) is 25.2. The molecule has 0 fully saturated rings. The predicted octanol–water partition coefficient (Wildman–Crippen LogP) is 10.2. The van der Waals surface area contributed by atoms with Gasteiger partial charge in [0, 0.05) is 31.9 Å². The number of phenols is 1. The van der Waals surface area contributed by atoms with Gasteiger partial charge in [0.05, 0.1) is 41.3 Å². The van der Waals surface area contributed by atoms with E-state index in [0.717, 1.165) is 12.1 Å². The third-order valence-corrected chi connectivity index (χ3v) is 7.99. The highest BCUT2D eigenvalue weighted by atomic mass is 35.5. The van der Waals surface area contributed by atoms with Crippen molar-refractivity contribution in [1.29, 1.82) is 0 Å². The van der Waals surface area contributed by atoms with Crippen LogP contribution in [0.4, 0.5) is 11.4 Å². The van der Waals surface area contributed by atoms with Gasteiger partial charge in [-0.3, -0.25) is 20.2 Å². The summed E-state index contributed by atoms with van der Waals surface area (Å²) in [7, 11) is 0. The Kier molecular flexibility index (Phi) is 11.5. The van der Waals surface area contributed by atoms with E-state index in [-0.39, 0.29) is 70.0 Å². The SMILES string of the molecule is CCOC(=O)c1c(-c2ccc(Cl)cc2)oc2cc([N+](=O)[O-])c(O)cc12.CCOC(=O)c1c(-c2ccc(Cl)cc2)oc2cc([N+](=O)[O-])c(OC(C)C)cc12. The van der Waals surface area contributed by atoms with E-state index in [1.165, 1.54) is 12.1 Å². The lowest BCUT2D eigenvalue weighted by Crippen LogP contribution is -2.08. The topological polar surface area (TPSA) is 195 Å². The molecule has 0 saturated carbocycles. The average Bonchev–Trinajstić information content (AvgIpc) is 3.66. The zero-order valence-electron chi connectivity index (χ0n) is 28.5. The molecular weight excluding hydrogens is 735 g/mol. The minimum atomic E-state index is -0.733. The van der Waals surface area contributed by atoms with E-state index < -0.39 is 33.2 Å². The molecule has 2 heterocycles. The van der Waals surface area contributed by atoms with Crippen LogP contribution in [0.3, 0.4) is 0 Å². The molecule has 0 spiro atoms. The molecule has 0 unspecified atom stereocenters. The third-order valence-electron chi connectivity index (χ3n) is 7.48. The number of aromatic hydroxyl groups is 1. The number of esters is 2. The molecule has 274 valence electrons. The Morgan fingerprint density at radius 2 is 1.13 bits per heavy atom. The Morgan fingerprint density at radius 3 is 1.53 bits per heavy atom. The second-order valence-electron chi connectivity index (χ2n) is 11.4. The molecule has 0 bridgehead atoms. The molecule has 0 aliphatic rings. The number of halogens is 2. The number of hydrogen-bond donors (Lipinski definition) is 1. The van der Waals surface area contributed by atoms with Crippen LogP contribution in [-0.2, 0) is 9.47 Å². The van der Waals surface area contributed by atoms with Crippen molar-refractivity contribution in [3.8, 4) is 34.1 Å². The highest BCUT2D eigenvalue weighted by Gasteiger charge is 2.29. The molecule has 53 heavy (non-hydrogen) atoms. The number of benzene rings is 4. The van der Waals surface area contributed by atoms with Crippen molar-refractivity contribution in [1.82, 2.24) is 0 Å². The molecule has 16 heteroatoms. The van der Waals surface area contributed by atoms with Crippen LogP contribution in [-0.4, -0.2) is 46.2 Å². The molecular formula is C37H30Cl2N2O12. The smallest absolute Gasteiger partial charge is 0.342 e. The van der Waals surface area contributed by atoms with Crippen LogP contribution < -0.4 is 4.74 Å². The van der Waals surface area contributed by atoms with Crippen LogP contribution in [0.25, 0.3) is 44.6 Å². The molecule has 0 amide bonds. The fraction of sp³-hybridized carbons (Fsp3) is 0.189. The maximum atomic E-state index is 12.7. The third kappa shape index (κ3) is 8.19. The van der Waals surface area contributed by atoms with E-state index in [1.54, 1.807) is 76.2 Å².